The zero-order chi connectivity index (χ0) is 23.3. The third-order valence-corrected chi connectivity index (χ3v) is 4.77. The lowest BCUT2D eigenvalue weighted by atomic mass is 10.1. The summed E-state index contributed by atoms with van der Waals surface area (Å²) < 4.78 is 15.9. The average molecular weight is 440 g/mol. The van der Waals surface area contributed by atoms with Crippen molar-refractivity contribution in [2.24, 2.45) is 0 Å². The van der Waals surface area contributed by atoms with Crippen molar-refractivity contribution in [3.8, 4) is 11.8 Å². The van der Waals surface area contributed by atoms with Crippen molar-refractivity contribution in [1.29, 1.82) is 0 Å². The van der Waals surface area contributed by atoms with Gasteiger partial charge in [0, 0.05) is 37.8 Å². The molecule has 1 aromatic heterocycles. The van der Waals surface area contributed by atoms with Crippen LogP contribution in [0.15, 0.2) is 33.5 Å². The highest BCUT2D eigenvalue weighted by Gasteiger charge is 2.25. The third kappa shape index (κ3) is 6.11. The van der Waals surface area contributed by atoms with Crippen LogP contribution in [0.2, 0.25) is 0 Å². The topological polar surface area (TPSA) is 89.3 Å². The van der Waals surface area contributed by atoms with Crippen LogP contribution in [0.5, 0.6) is 0 Å². The van der Waals surface area contributed by atoms with Gasteiger partial charge in [0.1, 0.15) is 11.2 Å². The Morgan fingerprint density at radius 1 is 1.12 bits per heavy atom. The number of ether oxygens (including phenoxy) is 2. The summed E-state index contributed by atoms with van der Waals surface area (Å²) in [6.45, 7) is 10.6. The fourth-order valence-corrected chi connectivity index (χ4v) is 3.20. The predicted octanol–water partition coefficient (Wildman–Crippen LogP) is 2.87. The summed E-state index contributed by atoms with van der Waals surface area (Å²) in [4.78, 5) is 40.1. The van der Waals surface area contributed by atoms with Crippen LogP contribution >= 0.6 is 0 Å². The van der Waals surface area contributed by atoms with Gasteiger partial charge in [-0.15, -0.1) is 0 Å². The van der Waals surface area contributed by atoms with E-state index in [1.54, 1.807) is 30.0 Å². The number of carbonyl (C=O) groups excluding carboxylic acids is 2. The van der Waals surface area contributed by atoms with Gasteiger partial charge in [-0.05, 0) is 45.9 Å². The highest BCUT2D eigenvalue weighted by atomic mass is 16.6. The molecular formula is C24H28N2O6. The fourth-order valence-electron chi connectivity index (χ4n) is 3.20. The van der Waals surface area contributed by atoms with E-state index in [9.17, 15) is 14.4 Å². The summed E-state index contributed by atoms with van der Waals surface area (Å²) in [7, 11) is 0. The van der Waals surface area contributed by atoms with E-state index >= 15 is 0 Å². The molecule has 0 atom stereocenters. The molecule has 32 heavy (non-hydrogen) atoms. The van der Waals surface area contributed by atoms with Gasteiger partial charge < -0.3 is 18.8 Å². The molecule has 0 aliphatic carbocycles. The second-order valence-corrected chi connectivity index (χ2v) is 8.45. The third-order valence-electron chi connectivity index (χ3n) is 4.77. The minimum Gasteiger partial charge on any atom is -0.460 e. The number of rotatable bonds is 3. The monoisotopic (exact) mass is 440 g/mol. The number of piperazine rings is 1. The van der Waals surface area contributed by atoms with Gasteiger partial charge in [0.05, 0.1) is 18.5 Å². The Labute approximate surface area is 187 Å². The molecule has 8 heteroatoms. The first-order valence-electron chi connectivity index (χ1n) is 10.6. The largest absolute Gasteiger partial charge is 0.460 e. The molecule has 0 N–H and O–H groups in total. The first kappa shape index (κ1) is 23.4. The van der Waals surface area contributed by atoms with E-state index in [1.165, 1.54) is 0 Å². The first-order chi connectivity index (χ1) is 15.2. The van der Waals surface area contributed by atoms with Crippen molar-refractivity contribution in [2.45, 2.75) is 33.3 Å². The number of benzene rings is 1. The highest BCUT2D eigenvalue weighted by molar-refractivity contribution is 5.89. The standard InChI is InChI=1S/C24H28N2O6/c1-5-30-22(28)21-16-19(27)18-9-8-17(15-20(18)31-21)7-6-10-25-11-13-26(14-12-25)23(29)32-24(2,3)4/h8-9,15-16H,5,10-14H2,1-4H3. The van der Waals surface area contributed by atoms with Crippen LogP contribution < -0.4 is 5.43 Å². The van der Waals surface area contributed by atoms with Crippen molar-refractivity contribution in [2.75, 3.05) is 39.3 Å². The Morgan fingerprint density at radius 2 is 1.84 bits per heavy atom. The molecule has 0 bridgehead atoms. The summed E-state index contributed by atoms with van der Waals surface area (Å²) in [5, 5.41) is 0.377. The molecule has 170 valence electrons. The number of carbonyl (C=O) groups is 2. The molecule has 1 saturated heterocycles. The number of nitrogens with zero attached hydrogens (tertiary/aromatic N) is 2. The van der Waals surface area contributed by atoms with Crippen LogP contribution in [0.3, 0.4) is 0 Å². The Morgan fingerprint density at radius 3 is 2.50 bits per heavy atom. The van der Waals surface area contributed by atoms with Gasteiger partial charge in [-0.3, -0.25) is 9.69 Å². The fraction of sp³-hybridized carbons (Fsp3) is 0.458. The van der Waals surface area contributed by atoms with Gasteiger partial charge in [0.2, 0.25) is 5.76 Å². The van der Waals surface area contributed by atoms with Gasteiger partial charge >= 0.3 is 12.1 Å². The van der Waals surface area contributed by atoms with E-state index < -0.39 is 11.6 Å². The maximum absolute atomic E-state index is 12.2. The summed E-state index contributed by atoms with van der Waals surface area (Å²) >= 11 is 0. The number of hydrogen-bond acceptors (Lipinski definition) is 7. The second kappa shape index (κ2) is 9.88. The zero-order valence-corrected chi connectivity index (χ0v) is 18.9. The summed E-state index contributed by atoms with van der Waals surface area (Å²) in [6.07, 6.45) is -0.289. The maximum atomic E-state index is 12.2. The van der Waals surface area contributed by atoms with Crippen LogP contribution in [0, 0.1) is 11.8 Å². The molecule has 3 rings (SSSR count). The van der Waals surface area contributed by atoms with E-state index in [-0.39, 0.29) is 23.9 Å². The van der Waals surface area contributed by atoms with Crippen molar-refractivity contribution >= 4 is 23.0 Å². The minimum absolute atomic E-state index is 0.127. The van der Waals surface area contributed by atoms with Gasteiger partial charge in [-0.2, -0.15) is 0 Å². The Balaban J connectivity index is 1.62. The SMILES string of the molecule is CCOC(=O)c1cc(=O)c2ccc(C#CCN3CCN(C(=O)OC(C)(C)C)CC3)cc2o1. The highest BCUT2D eigenvalue weighted by Crippen LogP contribution is 2.15. The first-order valence-corrected chi connectivity index (χ1v) is 10.6. The lowest BCUT2D eigenvalue weighted by Crippen LogP contribution is -2.50. The Hall–Kier alpha value is -3.31. The van der Waals surface area contributed by atoms with E-state index in [1.807, 2.05) is 20.8 Å². The molecule has 0 spiro atoms. The van der Waals surface area contributed by atoms with Gasteiger partial charge in [0.25, 0.3) is 0 Å². The van der Waals surface area contributed by atoms with Crippen LogP contribution in [0.1, 0.15) is 43.8 Å². The normalized spacial score (nSPS) is 14.6. The lowest BCUT2D eigenvalue weighted by molar-refractivity contribution is 0.0155. The molecule has 8 nitrogen and oxygen atoms in total. The molecule has 1 amide bonds. The number of hydrogen-bond donors (Lipinski definition) is 0. The minimum atomic E-state index is -0.673. The van der Waals surface area contributed by atoms with Crippen molar-refractivity contribution in [1.82, 2.24) is 9.80 Å². The average Bonchev–Trinajstić information content (AvgIpc) is 2.73. The van der Waals surface area contributed by atoms with Crippen LogP contribution in [0.4, 0.5) is 4.79 Å². The number of esters is 1. The second-order valence-electron chi connectivity index (χ2n) is 8.45. The van der Waals surface area contributed by atoms with Crippen molar-refractivity contribution in [3.63, 3.8) is 0 Å². The van der Waals surface area contributed by atoms with Crippen LogP contribution in [-0.2, 0) is 9.47 Å². The molecule has 1 aliphatic rings. The maximum Gasteiger partial charge on any atom is 0.410 e. The molecular weight excluding hydrogens is 412 g/mol. The zero-order valence-electron chi connectivity index (χ0n) is 18.9. The van der Waals surface area contributed by atoms with Gasteiger partial charge in [-0.1, -0.05) is 11.8 Å². The van der Waals surface area contributed by atoms with Gasteiger partial charge in [-0.25, -0.2) is 9.59 Å². The van der Waals surface area contributed by atoms with Crippen LogP contribution in [0.25, 0.3) is 11.0 Å². The van der Waals surface area contributed by atoms with Crippen LogP contribution in [-0.4, -0.2) is 66.8 Å². The quantitative estimate of drug-likeness (QED) is 0.536. The molecule has 1 fully saturated rings. The van der Waals surface area contributed by atoms with E-state index in [0.717, 1.165) is 6.07 Å². The molecule has 0 saturated carbocycles. The smallest absolute Gasteiger partial charge is 0.410 e. The number of fused-ring (bicyclic) bond motifs is 1. The molecule has 0 unspecified atom stereocenters. The van der Waals surface area contributed by atoms with Crippen molar-refractivity contribution in [3.05, 3.63) is 45.8 Å². The molecule has 2 aromatic rings. The van der Waals surface area contributed by atoms with Gasteiger partial charge in [0.15, 0.2) is 5.43 Å². The summed E-state index contributed by atoms with van der Waals surface area (Å²) in [5.41, 5.74) is 0.152. The van der Waals surface area contributed by atoms with E-state index in [0.29, 0.717) is 49.3 Å². The van der Waals surface area contributed by atoms with Crippen molar-refractivity contribution < 1.29 is 23.5 Å². The Bertz CT molecular complexity index is 1110. The molecule has 1 aromatic carbocycles. The van der Waals surface area contributed by atoms with E-state index in [4.69, 9.17) is 13.9 Å². The Kier molecular flexibility index (Phi) is 7.21. The summed E-state index contributed by atoms with van der Waals surface area (Å²) in [5.74, 6) is 5.39. The lowest BCUT2D eigenvalue weighted by Gasteiger charge is -2.34. The van der Waals surface area contributed by atoms with E-state index in [2.05, 4.69) is 16.7 Å². The summed E-state index contributed by atoms with van der Waals surface area (Å²) in [6, 6.07) is 6.17. The molecule has 2 heterocycles. The number of amides is 1. The molecule has 0 radical (unpaired) electrons. The predicted molar refractivity (Wildman–Crippen MR) is 120 cm³/mol. The molecule has 1 aliphatic heterocycles.